The van der Waals surface area contributed by atoms with Crippen molar-refractivity contribution < 1.29 is 13.2 Å². The Labute approximate surface area is 107 Å². The summed E-state index contributed by atoms with van der Waals surface area (Å²) in [5, 5.41) is 0.737. The molecule has 0 saturated carbocycles. The molecule has 0 spiro atoms. The van der Waals surface area contributed by atoms with E-state index in [0.29, 0.717) is 17.2 Å². The van der Waals surface area contributed by atoms with Gasteiger partial charge in [-0.25, -0.2) is 9.97 Å². The average Bonchev–Trinajstić information content (AvgIpc) is 2.24. The van der Waals surface area contributed by atoms with Gasteiger partial charge in [0.15, 0.2) is 0 Å². The first-order valence-corrected chi connectivity index (χ1v) is 5.85. The molecular weight excluding hydrogens is 257 g/mol. The van der Waals surface area contributed by atoms with Crippen LogP contribution in [-0.2, 0) is 0 Å². The molecule has 3 rings (SSSR count). The van der Waals surface area contributed by atoms with Gasteiger partial charge >= 0.3 is 6.18 Å². The molecule has 19 heavy (non-hydrogen) atoms. The van der Waals surface area contributed by atoms with E-state index in [1.54, 1.807) is 30.3 Å². The highest BCUT2D eigenvalue weighted by molar-refractivity contribution is 5.89. The van der Waals surface area contributed by atoms with Gasteiger partial charge in [0.2, 0.25) is 0 Å². The van der Waals surface area contributed by atoms with Crippen LogP contribution in [0.1, 0.15) is 5.82 Å². The summed E-state index contributed by atoms with van der Waals surface area (Å²) < 4.78 is 37.5. The van der Waals surface area contributed by atoms with E-state index in [1.165, 1.54) is 0 Å². The second-order valence-corrected chi connectivity index (χ2v) is 4.63. The molecule has 7 heteroatoms. The Balaban J connectivity index is 1.95. The second-order valence-electron chi connectivity index (χ2n) is 4.63. The number of halogens is 3. The zero-order valence-electron chi connectivity index (χ0n) is 10.1. The van der Waals surface area contributed by atoms with Gasteiger partial charge in [0.25, 0.3) is 0 Å². The lowest BCUT2D eigenvalue weighted by Gasteiger charge is -2.41. The van der Waals surface area contributed by atoms with E-state index in [1.807, 2.05) is 0 Å². The van der Waals surface area contributed by atoms with Crippen molar-refractivity contribution >= 4 is 16.7 Å². The standard InChI is InChI=1S/C12H11F3N4/c1-7-17-10-4-16-3-2-9(10)11(18-7)19-5-8(6-19)12(13,14)15/h2-4,8H,5-6H2,1H3. The molecule has 0 amide bonds. The Bertz CT molecular complexity index is 620. The summed E-state index contributed by atoms with van der Waals surface area (Å²) in [6.45, 7) is 1.63. The summed E-state index contributed by atoms with van der Waals surface area (Å²) in [6.07, 6.45) is -0.948. The van der Waals surface area contributed by atoms with Gasteiger partial charge in [-0.2, -0.15) is 13.2 Å². The fourth-order valence-corrected chi connectivity index (χ4v) is 2.18. The lowest BCUT2D eigenvalue weighted by Crippen LogP contribution is -2.53. The van der Waals surface area contributed by atoms with Crippen LogP contribution in [0.25, 0.3) is 10.9 Å². The van der Waals surface area contributed by atoms with E-state index in [2.05, 4.69) is 15.0 Å². The molecule has 1 fully saturated rings. The van der Waals surface area contributed by atoms with Crippen LogP contribution in [0.15, 0.2) is 18.5 Å². The summed E-state index contributed by atoms with van der Waals surface area (Å²) in [4.78, 5) is 14.1. The van der Waals surface area contributed by atoms with Crippen molar-refractivity contribution in [1.29, 1.82) is 0 Å². The van der Waals surface area contributed by atoms with Gasteiger partial charge in [-0.3, -0.25) is 4.98 Å². The molecule has 0 aromatic carbocycles. The van der Waals surface area contributed by atoms with Crippen LogP contribution in [-0.4, -0.2) is 34.2 Å². The number of alkyl halides is 3. The third-order valence-electron chi connectivity index (χ3n) is 3.23. The average molecular weight is 268 g/mol. The number of fused-ring (bicyclic) bond motifs is 1. The summed E-state index contributed by atoms with van der Waals surface area (Å²) in [5.74, 6) is -0.170. The van der Waals surface area contributed by atoms with Gasteiger partial charge in [-0.05, 0) is 13.0 Å². The van der Waals surface area contributed by atoms with Gasteiger partial charge < -0.3 is 4.90 Å². The van der Waals surface area contributed by atoms with Crippen molar-refractivity contribution in [2.45, 2.75) is 13.1 Å². The lowest BCUT2D eigenvalue weighted by atomic mass is 9.99. The maximum atomic E-state index is 12.5. The predicted octanol–water partition coefficient (Wildman–Crippen LogP) is 2.33. The summed E-state index contributed by atoms with van der Waals surface area (Å²) in [6, 6.07) is 1.73. The second kappa shape index (κ2) is 4.04. The minimum atomic E-state index is -4.13. The molecule has 100 valence electrons. The highest BCUT2D eigenvalue weighted by Gasteiger charge is 2.47. The molecule has 0 N–H and O–H groups in total. The van der Waals surface area contributed by atoms with E-state index < -0.39 is 12.1 Å². The molecule has 2 aromatic rings. The van der Waals surface area contributed by atoms with Gasteiger partial charge in [0.1, 0.15) is 11.6 Å². The third-order valence-corrected chi connectivity index (χ3v) is 3.23. The third kappa shape index (κ3) is 2.09. The first-order valence-electron chi connectivity index (χ1n) is 5.85. The van der Waals surface area contributed by atoms with Crippen molar-refractivity contribution in [3.63, 3.8) is 0 Å². The van der Waals surface area contributed by atoms with Gasteiger partial charge in [0.05, 0.1) is 17.6 Å². The molecule has 4 nitrogen and oxygen atoms in total. The molecule has 1 aliphatic heterocycles. The van der Waals surface area contributed by atoms with Crippen molar-refractivity contribution in [2.75, 3.05) is 18.0 Å². The number of nitrogens with zero attached hydrogens (tertiary/aromatic N) is 4. The molecule has 0 bridgehead atoms. The van der Waals surface area contributed by atoms with Crippen LogP contribution < -0.4 is 4.90 Å². The van der Waals surface area contributed by atoms with Gasteiger partial charge in [-0.15, -0.1) is 0 Å². The SMILES string of the molecule is Cc1nc(N2CC(C(F)(F)F)C2)c2ccncc2n1. The summed E-state index contributed by atoms with van der Waals surface area (Å²) >= 11 is 0. The molecule has 0 radical (unpaired) electrons. The first-order chi connectivity index (χ1) is 8.95. The van der Waals surface area contributed by atoms with E-state index in [9.17, 15) is 13.2 Å². The van der Waals surface area contributed by atoms with Crippen LogP contribution in [0, 0.1) is 12.8 Å². The largest absolute Gasteiger partial charge is 0.395 e. The van der Waals surface area contributed by atoms with Crippen molar-refractivity contribution in [3.05, 3.63) is 24.3 Å². The Hall–Kier alpha value is -1.92. The van der Waals surface area contributed by atoms with Crippen molar-refractivity contribution in [3.8, 4) is 0 Å². The van der Waals surface area contributed by atoms with Gasteiger partial charge in [0, 0.05) is 24.7 Å². The molecule has 3 heterocycles. The molecule has 0 atom stereocenters. The van der Waals surface area contributed by atoms with Crippen molar-refractivity contribution in [2.24, 2.45) is 5.92 Å². The Morgan fingerprint density at radius 1 is 1.26 bits per heavy atom. The zero-order valence-corrected chi connectivity index (χ0v) is 10.1. The molecule has 0 unspecified atom stereocenters. The van der Waals surface area contributed by atoms with E-state index in [0.717, 1.165) is 5.39 Å². The highest BCUT2D eigenvalue weighted by atomic mass is 19.4. The number of hydrogen-bond donors (Lipinski definition) is 0. The van der Waals surface area contributed by atoms with Gasteiger partial charge in [-0.1, -0.05) is 0 Å². The highest BCUT2D eigenvalue weighted by Crippen LogP contribution is 2.37. The van der Waals surface area contributed by atoms with E-state index in [4.69, 9.17) is 0 Å². The zero-order chi connectivity index (χ0) is 13.6. The summed E-state index contributed by atoms with van der Waals surface area (Å²) in [7, 11) is 0. The number of anilines is 1. The smallest absolute Gasteiger partial charge is 0.355 e. The number of hydrogen-bond acceptors (Lipinski definition) is 4. The lowest BCUT2D eigenvalue weighted by molar-refractivity contribution is -0.180. The van der Waals surface area contributed by atoms with Crippen LogP contribution >= 0.6 is 0 Å². The Morgan fingerprint density at radius 3 is 2.68 bits per heavy atom. The normalized spacial score (nSPS) is 16.7. The molecule has 0 aliphatic carbocycles. The number of aromatic nitrogens is 3. The minimum Gasteiger partial charge on any atom is -0.355 e. The number of aryl methyl sites for hydroxylation is 1. The molecule has 1 aliphatic rings. The monoisotopic (exact) mass is 268 g/mol. The number of rotatable bonds is 1. The maximum absolute atomic E-state index is 12.5. The van der Waals surface area contributed by atoms with E-state index in [-0.39, 0.29) is 13.1 Å². The quantitative estimate of drug-likeness (QED) is 0.796. The summed E-state index contributed by atoms with van der Waals surface area (Å²) in [5.41, 5.74) is 0.653. The predicted molar refractivity (Wildman–Crippen MR) is 63.8 cm³/mol. The fourth-order valence-electron chi connectivity index (χ4n) is 2.18. The van der Waals surface area contributed by atoms with E-state index >= 15 is 0 Å². The van der Waals surface area contributed by atoms with Crippen LogP contribution in [0.2, 0.25) is 0 Å². The molecule has 1 saturated heterocycles. The molecule has 2 aromatic heterocycles. The topological polar surface area (TPSA) is 41.9 Å². The van der Waals surface area contributed by atoms with Crippen molar-refractivity contribution in [1.82, 2.24) is 15.0 Å². The number of pyridine rings is 1. The van der Waals surface area contributed by atoms with Crippen LogP contribution in [0.3, 0.4) is 0 Å². The first kappa shape index (κ1) is 12.1. The fraction of sp³-hybridized carbons (Fsp3) is 0.417. The molecular formula is C12H11F3N4. The maximum Gasteiger partial charge on any atom is 0.395 e. The minimum absolute atomic E-state index is 0.0443. The Kier molecular flexibility index (Phi) is 2.58. The Morgan fingerprint density at radius 2 is 2.00 bits per heavy atom. The van der Waals surface area contributed by atoms with Crippen LogP contribution in [0.5, 0.6) is 0 Å². The van der Waals surface area contributed by atoms with Crippen LogP contribution in [0.4, 0.5) is 19.0 Å².